The van der Waals surface area contributed by atoms with E-state index < -0.39 is 0 Å². The van der Waals surface area contributed by atoms with Gasteiger partial charge >= 0.3 is 0 Å². The van der Waals surface area contributed by atoms with Crippen LogP contribution in [0.5, 0.6) is 5.75 Å². The first kappa shape index (κ1) is 18.4. The molecule has 0 radical (unpaired) electrons. The number of methoxy groups -OCH3 is 2. The molecule has 1 aromatic heterocycles. The molecule has 7 heteroatoms. The second-order valence-electron chi connectivity index (χ2n) is 6.51. The van der Waals surface area contributed by atoms with Gasteiger partial charge in [-0.25, -0.2) is 4.98 Å². The smallest absolute Gasteiger partial charge is 0.230 e. The lowest BCUT2D eigenvalue weighted by Gasteiger charge is -2.32. The summed E-state index contributed by atoms with van der Waals surface area (Å²) in [4.78, 5) is 19.5. The lowest BCUT2D eigenvalue weighted by Crippen LogP contribution is -2.42. The Labute approximate surface area is 153 Å². The zero-order valence-electron chi connectivity index (χ0n) is 15.6. The zero-order valence-corrected chi connectivity index (χ0v) is 15.6. The van der Waals surface area contributed by atoms with Crippen LogP contribution < -0.4 is 10.1 Å². The first-order valence-corrected chi connectivity index (χ1v) is 8.75. The van der Waals surface area contributed by atoms with Gasteiger partial charge in [0.05, 0.1) is 37.3 Å². The Bertz CT molecular complexity index is 759. The summed E-state index contributed by atoms with van der Waals surface area (Å²) in [5.41, 5.74) is 3.06. The third-order valence-electron chi connectivity index (χ3n) is 4.72. The predicted octanol–water partition coefficient (Wildman–Crippen LogP) is 1.29. The van der Waals surface area contributed by atoms with Crippen LogP contribution in [-0.4, -0.2) is 54.3 Å². The molecule has 1 N–H and O–H groups in total. The highest BCUT2D eigenvalue weighted by atomic mass is 16.5. The second-order valence-corrected chi connectivity index (χ2v) is 6.51. The molecule has 3 rings (SSSR count). The summed E-state index contributed by atoms with van der Waals surface area (Å²) >= 11 is 0. The van der Waals surface area contributed by atoms with Crippen molar-refractivity contribution in [2.24, 2.45) is 7.05 Å². The van der Waals surface area contributed by atoms with Crippen molar-refractivity contribution in [3.63, 3.8) is 0 Å². The molecule has 1 aromatic carbocycles. The fourth-order valence-corrected chi connectivity index (χ4v) is 3.48. The quantitative estimate of drug-likeness (QED) is 0.756. The number of carbonyl (C=O) groups excluding carboxylic acids is 1. The van der Waals surface area contributed by atoms with E-state index in [1.807, 2.05) is 29.8 Å². The van der Waals surface area contributed by atoms with Gasteiger partial charge in [-0.15, -0.1) is 0 Å². The third kappa shape index (κ3) is 3.89. The molecule has 1 aliphatic heterocycles. The van der Waals surface area contributed by atoms with Gasteiger partial charge in [0.15, 0.2) is 0 Å². The van der Waals surface area contributed by atoms with Crippen LogP contribution in [-0.2, 0) is 29.7 Å². The number of imidazole rings is 1. The minimum atomic E-state index is -0.252. The summed E-state index contributed by atoms with van der Waals surface area (Å²) in [5, 5.41) is 2.96. The van der Waals surface area contributed by atoms with Gasteiger partial charge in [-0.2, -0.15) is 0 Å². The average Bonchev–Trinajstić information content (AvgIpc) is 3.02. The number of nitrogens with one attached hydrogen (secondary N) is 1. The normalized spacial score (nSPS) is 17.0. The summed E-state index contributed by atoms with van der Waals surface area (Å²) in [6.07, 6.45) is 1.78. The van der Waals surface area contributed by atoms with Crippen molar-refractivity contribution < 1.29 is 14.3 Å². The molecule has 0 fully saturated rings. The molecule has 140 valence electrons. The molecule has 1 aliphatic rings. The Kier molecular flexibility index (Phi) is 5.90. The van der Waals surface area contributed by atoms with E-state index in [4.69, 9.17) is 9.47 Å². The number of hydrogen-bond donors (Lipinski definition) is 1. The van der Waals surface area contributed by atoms with Gasteiger partial charge in [0, 0.05) is 45.9 Å². The van der Waals surface area contributed by atoms with Crippen LogP contribution in [0, 0.1) is 0 Å². The van der Waals surface area contributed by atoms with Crippen molar-refractivity contribution in [2.75, 3.05) is 33.9 Å². The topological polar surface area (TPSA) is 68.6 Å². The first-order chi connectivity index (χ1) is 12.6. The molecule has 1 amide bonds. The van der Waals surface area contributed by atoms with Crippen LogP contribution >= 0.6 is 0 Å². The van der Waals surface area contributed by atoms with Crippen LogP contribution in [0.25, 0.3) is 0 Å². The standard InChI is InChI=1S/C19H26N4O3/c1-22-13-21-16-12-23(10-14-6-4-5-7-17(14)26-3)11-15(18(16)22)19(24)20-8-9-25-2/h4-7,13,15H,8-12H2,1-3H3,(H,20,24)/t15-/m0/s1. The highest BCUT2D eigenvalue weighted by Gasteiger charge is 2.33. The van der Waals surface area contributed by atoms with Crippen molar-refractivity contribution in [1.82, 2.24) is 19.8 Å². The van der Waals surface area contributed by atoms with Gasteiger partial charge in [0.2, 0.25) is 5.91 Å². The van der Waals surface area contributed by atoms with Crippen molar-refractivity contribution in [3.05, 3.63) is 47.5 Å². The van der Waals surface area contributed by atoms with Crippen molar-refractivity contribution in [1.29, 1.82) is 0 Å². The molecule has 0 aliphatic carbocycles. The Balaban J connectivity index is 1.79. The van der Waals surface area contributed by atoms with E-state index in [1.165, 1.54) is 0 Å². The van der Waals surface area contributed by atoms with E-state index in [2.05, 4.69) is 21.3 Å². The summed E-state index contributed by atoms with van der Waals surface area (Å²) in [6.45, 7) is 3.08. The maximum atomic E-state index is 12.7. The minimum absolute atomic E-state index is 0.0108. The fraction of sp³-hybridized carbons (Fsp3) is 0.474. The van der Waals surface area contributed by atoms with Gasteiger partial charge in [-0.05, 0) is 6.07 Å². The number of para-hydroxylation sites is 1. The number of fused-ring (bicyclic) bond motifs is 1. The first-order valence-electron chi connectivity index (χ1n) is 8.75. The predicted molar refractivity (Wildman–Crippen MR) is 97.9 cm³/mol. The molecule has 0 unspecified atom stereocenters. The molecular weight excluding hydrogens is 332 g/mol. The number of rotatable bonds is 7. The average molecular weight is 358 g/mol. The molecule has 2 aromatic rings. The number of amides is 1. The molecule has 0 saturated heterocycles. The number of aromatic nitrogens is 2. The molecule has 0 saturated carbocycles. The van der Waals surface area contributed by atoms with Crippen LogP contribution in [0.15, 0.2) is 30.6 Å². The number of hydrogen-bond acceptors (Lipinski definition) is 5. The molecule has 1 atom stereocenters. The van der Waals surface area contributed by atoms with E-state index in [-0.39, 0.29) is 11.8 Å². The summed E-state index contributed by atoms with van der Waals surface area (Å²) in [6, 6.07) is 7.98. The number of aryl methyl sites for hydroxylation is 1. The summed E-state index contributed by atoms with van der Waals surface area (Å²) in [5.74, 6) is 0.620. The Morgan fingerprint density at radius 2 is 2.15 bits per heavy atom. The molecule has 0 bridgehead atoms. The summed E-state index contributed by atoms with van der Waals surface area (Å²) in [7, 11) is 5.25. The largest absolute Gasteiger partial charge is 0.496 e. The molecule has 0 spiro atoms. The molecule has 2 heterocycles. The van der Waals surface area contributed by atoms with Gasteiger partial charge in [-0.3, -0.25) is 9.69 Å². The third-order valence-corrected chi connectivity index (χ3v) is 4.72. The second kappa shape index (κ2) is 8.33. The van der Waals surface area contributed by atoms with Crippen LogP contribution in [0.1, 0.15) is 22.9 Å². The van der Waals surface area contributed by atoms with E-state index in [0.717, 1.165) is 29.2 Å². The van der Waals surface area contributed by atoms with Gasteiger partial charge < -0.3 is 19.4 Å². The van der Waals surface area contributed by atoms with E-state index in [0.29, 0.717) is 26.2 Å². The SMILES string of the molecule is COCCNC(=O)[C@H]1CN(Cc2ccccc2OC)Cc2ncn(C)c21. The monoisotopic (exact) mass is 358 g/mol. The van der Waals surface area contributed by atoms with E-state index in [9.17, 15) is 4.79 Å². The van der Waals surface area contributed by atoms with Crippen LogP contribution in [0.2, 0.25) is 0 Å². The number of benzene rings is 1. The molecule has 26 heavy (non-hydrogen) atoms. The van der Waals surface area contributed by atoms with Crippen molar-refractivity contribution in [3.8, 4) is 5.75 Å². The van der Waals surface area contributed by atoms with Crippen molar-refractivity contribution in [2.45, 2.75) is 19.0 Å². The van der Waals surface area contributed by atoms with Crippen LogP contribution in [0.4, 0.5) is 0 Å². The Morgan fingerprint density at radius 3 is 2.92 bits per heavy atom. The Hall–Kier alpha value is -2.38. The van der Waals surface area contributed by atoms with Crippen LogP contribution in [0.3, 0.4) is 0 Å². The maximum Gasteiger partial charge on any atom is 0.230 e. The van der Waals surface area contributed by atoms with E-state index >= 15 is 0 Å². The fourth-order valence-electron chi connectivity index (χ4n) is 3.48. The van der Waals surface area contributed by atoms with Gasteiger partial charge in [-0.1, -0.05) is 18.2 Å². The zero-order chi connectivity index (χ0) is 18.5. The van der Waals surface area contributed by atoms with Gasteiger partial charge in [0.25, 0.3) is 0 Å². The number of carbonyl (C=O) groups is 1. The van der Waals surface area contributed by atoms with E-state index in [1.54, 1.807) is 20.5 Å². The maximum absolute atomic E-state index is 12.7. The lowest BCUT2D eigenvalue weighted by atomic mass is 9.96. The number of ether oxygens (including phenoxy) is 2. The summed E-state index contributed by atoms with van der Waals surface area (Å²) < 4.78 is 12.4. The molecular formula is C19H26N4O3. The van der Waals surface area contributed by atoms with Crippen molar-refractivity contribution >= 4 is 5.91 Å². The van der Waals surface area contributed by atoms with Gasteiger partial charge in [0.1, 0.15) is 5.75 Å². The molecule has 7 nitrogen and oxygen atoms in total. The highest BCUT2D eigenvalue weighted by molar-refractivity contribution is 5.84. The number of nitrogens with zero attached hydrogens (tertiary/aromatic N) is 3. The minimum Gasteiger partial charge on any atom is -0.496 e. The Morgan fingerprint density at radius 1 is 1.35 bits per heavy atom. The highest BCUT2D eigenvalue weighted by Crippen LogP contribution is 2.30. The lowest BCUT2D eigenvalue weighted by molar-refractivity contribution is -0.123.